The molecule has 1 aromatic carbocycles. The molecule has 26 heavy (non-hydrogen) atoms. The van der Waals surface area contributed by atoms with Crippen molar-refractivity contribution in [3.05, 3.63) is 40.4 Å². The Labute approximate surface area is 153 Å². The first kappa shape index (κ1) is 18.7. The van der Waals surface area contributed by atoms with Crippen LogP contribution in [0.5, 0.6) is 0 Å². The van der Waals surface area contributed by atoms with Gasteiger partial charge in [0, 0.05) is 23.4 Å². The van der Waals surface area contributed by atoms with E-state index in [1.165, 1.54) is 23.5 Å². The molecule has 4 nitrogen and oxygen atoms in total. The van der Waals surface area contributed by atoms with E-state index in [9.17, 15) is 18.0 Å². The maximum atomic E-state index is 12.7. The number of thiazole rings is 1. The van der Waals surface area contributed by atoms with Gasteiger partial charge in [0.05, 0.1) is 17.8 Å². The second kappa shape index (κ2) is 6.57. The molecule has 0 saturated heterocycles. The Bertz CT molecular complexity index is 807. The Morgan fingerprint density at radius 1 is 1.19 bits per heavy atom. The number of halogens is 3. The first-order valence-electron chi connectivity index (χ1n) is 8.17. The Balaban J connectivity index is 1.76. The molecule has 1 aliphatic heterocycles. The Morgan fingerprint density at radius 2 is 1.85 bits per heavy atom. The number of ether oxygens (including phenoxy) is 1. The van der Waals surface area contributed by atoms with Gasteiger partial charge in [0.15, 0.2) is 0 Å². The van der Waals surface area contributed by atoms with Crippen LogP contribution in [-0.2, 0) is 23.9 Å². The number of hydrogen-bond acceptors (Lipinski definition) is 4. The first-order valence-corrected chi connectivity index (χ1v) is 8.99. The molecular weight excluding hydrogens is 365 g/mol. The van der Waals surface area contributed by atoms with Crippen LogP contribution in [0.1, 0.15) is 36.9 Å². The number of rotatable bonds is 1. The van der Waals surface area contributed by atoms with E-state index in [0.717, 1.165) is 22.7 Å². The second-order valence-corrected chi connectivity index (χ2v) is 8.20. The number of aromatic nitrogens is 1. The van der Waals surface area contributed by atoms with Gasteiger partial charge < -0.3 is 9.64 Å². The summed E-state index contributed by atoms with van der Waals surface area (Å²) in [6, 6.07) is 4.98. The zero-order valence-electron chi connectivity index (χ0n) is 14.7. The average Bonchev–Trinajstić information content (AvgIpc) is 2.95. The van der Waals surface area contributed by atoms with E-state index in [1.807, 2.05) is 20.8 Å². The predicted molar refractivity (Wildman–Crippen MR) is 92.9 cm³/mol. The van der Waals surface area contributed by atoms with Crippen molar-refractivity contribution >= 4 is 17.4 Å². The van der Waals surface area contributed by atoms with Crippen molar-refractivity contribution in [2.24, 2.45) is 0 Å². The fourth-order valence-corrected chi connectivity index (χ4v) is 3.67. The van der Waals surface area contributed by atoms with Crippen molar-refractivity contribution in [1.29, 1.82) is 0 Å². The molecule has 0 spiro atoms. The zero-order chi connectivity index (χ0) is 19.1. The summed E-state index contributed by atoms with van der Waals surface area (Å²) < 4.78 is 43.4. The molecule has 0 N–H and O–H groups in total. The fraction of sp³-hybridized carbons (Fsp3) is 0.444. The number of fused-ring (bicyclic) bond motifs is 1. The Morgan fingerprint density at radius 3 is 2.42 bits per heavy atom. The van der Waals surface area contributed by atoms with Crippen molar-refractivity contribution < 1.29 is 22.7 Å². The number of nitrogens with zero attached hydrogens (tertiary/aromatic N) is 2. The number of benzene rings is 1. The topological polar surface area (TPSA) is 42.4 Å². The van der Waals surface area contributed by atoms with Crippen LogP contribution in [-0.4, -0.2) is 28.1 Å². The second-order valence-electron chi connectivity index (χ2n) is 7.12. The monoisotopic (exact) mass is 384 g/mol. The van der Waals surface area contributed by atoms with Gasteiger partial charge in [0.2, 0.25) is 0 Å². The number of carbonyl (C=O) groups excluding carboxylic acids is 1. The van der Waals surface area contributed by atoms with Crippen molar-refractivity contribution in [2.45, 2.75) is 45.5 Å². The molecule has 0 saturated carbocycles. The van der Waals surface area contributed by atoms with Gasteiger partial charge in [-0.05, 0) is 32.9 Å². The van der Waals surface area contributed by atoms with Gasteiger partial charge in [-0.3, -0.25) is 0 Å². The third kappa shape index (κ3) is 4.17. The van der Waals surface area contributed by atoms with E-state index < -0.39 is 17.3 Å². The maximum absolute atomic E-state index is 12.7. The lowest BCUT2D eigenvalue weighted by Gasteiger charge is -2.29. The van der Waals surface area contributed by atoms with E-state index in [0.29, 0.717) is 30.1 Å². The van der Waals surface area contributed by atoms with Crippen molar-refractivity contribution in [1.82, 2.24) is 9.88 Å². The number of alkyl halides is 3. The molecule has 0 aliphatic carbocycles. The number of carbonyl (C=O) groups is 1. The van der Waals surface area contributed by atoms with Crippen molar-refractivity contribution in [3.8, 4) is 10.6 Å². The van der Waals surface area contributed by atoms with Crippen LogP contribution in [0.4, 0.5) is 18.0 Å². The summed E-state index contributed by atoms with van der Waals surface area (Å²) in [5, 5.41) is 0.662. The van der Waals surface area contributed by atoms with Crippen molar-refractivity contribution in [3.63, 3.8) is 0 Å². The summed E-state index contributed by atoms with van der Waals surface area (Å²) >= 11 is 1.46. The highest BCUT2D eigenvalue weighted by molar-refractivity contribution is 7.15. The van der Waals surface area contributed by atoms with Crippen LogP contribution in [0, 0.1) is 0 Å². The van der Waals surface area contributed by atoms with Gasteiger partial charge in [-0.25, -0.2) is 9.78 Å². The Kier molecular flexibility index (Phi) is 4.72. The lowest BCUT2D eigenvalue weighted by molar-refractivity contribution is -0.137. The first-order chi connectivity index (χ1) is 12.0. The molecule has 0 bridgehead atoms. The predicted octanol–water partition coefficient (Wildman–Crippen LogP) is 5.12. The van der Waals surface area contributed by atoms with Gasteiger partial charge >= 0.3 is 12.3 Å². The number of amides is 1. The molecule has 0 radical (unpaired) electrons. The smallest absolute Gasteiger partial charge is 0.416 e. The Hall–Kier alpha value is -2.09. The third-order valence-corrected chi connectivity index (χ3v) is 5.05. The van der Waals surface area contributed by atoms with E-state index >= 15 is 0 Å². The van der Waals surface area contributed by atoms with Gasteiger partial charge in [-0.2, -0.15) is 13.2 Å². The van der Waals surface area contributed by atoms with E-state index in [-0.39, 0.29) is 6.09 Å². The number of hydrogen-bond donors (Lipinski definition) is 0. The summed E-state index contributed by atoms with van der Waals surface area (Å²) in [4.78, 5) is 19.4. The quantitative estimate of drug-likeness (QED) is 0.685. The molecule has 8 heteroatoms. The van der Waals surface area contributed by atoms with E-state index in [2.05, 4.69) is 4.98 Å². The minimum absolute atomic E-state index is 0.349. The van der Waals surface area contributed by atoms with Crippen LogP contribution in [0.25, 0.3) is 10.6 Å². The van der Waals surface area contributed by atoms with Crippen LogP contribution < -0.4 is 0 Å². The molecule has 3 rings (SSSR count). The largest absolute Gasteiger partial charge is 0.444 e. The molecule has 1 aliphatic rings. The minimum Gasteiger partial charge on any atom is -0.444 e. The van der Waals surface area contributed by atoms with Gasteiger partial charge in [0.25, 0.3) is 0 Å². The SMILES string of the molecule is CC(C)(C)OC(=O)N1CCc2sc(-c3ccc(C(F)(F)F)cc3)nc2C1. The van der Waals surface area contributed by atoms with E-state index in [4.69, 9.17) is 4.74 Å². The molecule has 0 fully saturated rings. The maximum Gasteiger partial charge on any atom is 0.416 e. The van der Waals surface area contributed by atoms with Crippen LogP contribution >= 0.6 is 11.3 Å². The molecule has 140 valence electrons. The highest BCUT2D eigenvalue weighted by Crippen LogP contribution is 2.34. The summed E-state index contributed by atoms with van der Waals surface area (Å²) in [7, 11) is 0. The summed E-state index contributed by atoms with van der Waals surface area (Å²) in [6.45, 7) is 6.32. The average molecular weight is 384 g/mol. The molecule has 2 heterocycles. The van der Waals surface area contributed by atoms with Crippen molar-refractivity contribution in [2.75, 3.05) is 6.54 Å². The fourth-order valence-electron chi connectivity index (χ4n) is 2.61. The highest BCUT2D eigenvalue weighted by Gasteiger charge is 2.31. The summed E-state index contributed by atoms with van der Waals surface area (Å²) in [5.74, 6) is 0. The van der Waals surface area contributed by atoms with Gasteiger partial charge in [-0.1, -0.05) is 12.1 Å². The highest BCUT2D eigenvalue weighted by atomic mass is 32.1. The lowest BCUT2D eigenvalue weighted by Crippen LogP contribution is -2.39. The molecule has 0 unspecified atom stereocenters. The molecule has 0 atom stereocenters. The normalized spacial score (nSPS) is 14.9. The minimum atomic E-state index is -4.35. The molecular formula is C18H19F3N2O2S. The van der Waals surface area contributed by atoms with Crippen LogP contribution in [0.3, 0.4) is 0 Å². The molecule has 1 amide bonds. The van der Waals surface area contributed by atoms with Gasteiger partial charge in [0.1, 0.15) is 10.6 Å². The zero-order valence-corrected chi connectivity index (χ0v) is 15.5. The lowest BCUT2D eigenvalue weighted by atomic mass is 10.1. The summed E-state index contributed by atoms with van der Waals surface area (Å²) in [5.41, 5.74) is 0.173. The summed E-state index contributed by atoms with van der Waals surface area (Å²) in [6.07, 6.45) is -4.08. The van der Waals surface area contributed by atoms with Crippen LogP contribution in [0.2, 0.25) is 0 Å². The van der Waals surface area contributed by atoms with Crippen LogP contribution in [0.15, 0.2) is 24.3 Å². The molecule has 2 aromatic rings. The van der Waals surface area contributed by atoms with E-state index in [1.54, 1.807) is 4.90 Å². The third-order valence-electron chi connectivity index (χ3n) is 3.84. The van der Waals surface area contributed by atoms with Gasteiger partial charge in [-0.15, -0.1) is 11.3 Å². The standard InChI is InChI=1S/C18H19F3N2O2S/c1-17(2,3)25-16(24)23-9-8-14-13(10-23)22-15(26-14)11-4-6-12(7-5-11)18(19,20)21/h4-7H,8-10H2,1-3H3. The molecule has 1 aromatic heterocycles.